The molecule has 4 nitrogen and oxygen atoms in total. The first kappa shape index (κ1) is 11.6. The summed E-state index contributed by atoms with van der Waals surface area (Å²) in [5, 5.41) is 3.13. The normalized spacial score (nSPS) is 14.3. The van der Waals surface area contributed by atoms with Crippen molar-refractivity contribution in [2.24, 2.45) is 0 Å². The summed E-state index contributed by atoms with van der Waals surface area (Å²) in [7, 11) is 1.61. The first-order valence-electron chi connectivity index (χ1n) is 5.80. The van der Waals surface area contributed by atoms with Crippen LogP contribution in [0.4, 0.5) is 0 Å². The molecular weight excluding hydrogens is 216 g/mol. The van der Waals surface area contributed by atoms with Crippen molar-refractivity contribution in [3.8, 4) is 5.75 Å². The van der Waals surface area contributed by atoms with Gasteiger partial charge in [-0.1, -0.05) is 0 Å². The van der Waals surface area contributed by atoms with Crippen molar-refractivity contribution in [3.63, 3.8) is 0 Å². The van der Waals surface area contributed by atoms with Crippen LogP contribution in [0.25, 0.3) is 0 Å². The lowest BCUT2D eigenvalue weighted by atomic mass is 10.1. The van der Waals surface area contributed by atoms with Crippen LogP contribution in [-0.4, -0.2) is 31.8 Å². The lowest BCUT2D eigenvalue weighted by Crippen LogP contribution is -2.72. The van der Waals surface area contributed by atoms with Crippen LogP contribution in [0.15, 0.2) is 24.3 Å². The van der Waals surface area contributed by atoms with E-state index in [-0.39, 0.29) is 5.78 Å². The molecule has 1 aliphatic heterocycles. The summed E-state index contributed by atoms with van der Waals surface area (Å²) in [4.78, 5) is 15.1. The van der Waals surface area contributed by atoms with E-state index in [0.29, 0.717) is 12.1 Å². The lowest BCUT2D eigenvalue weighted by Gasteiger charge is -2.02. The molecule has 0 bridgehead atoms. The third-order valence-electron chi connectivity index (χ3n) is 2.82. The number of rotatable bonds is 4. The molecule has 2 rings (SSSR count). The summed E-state index contributed by atoms with van der Waals surface area (Å²) in [5.74, 6) is 1.93. The van der Waals surface area contributed by atoms with Crippen LogP contribution in [0.3, 0.4) is 0 Å². The van der Waals surface area contributed by atoms with Gasteiger partial charge in [-0.25, -0.2) is 0 Å². The lowest BCUT2D eigenvalue weighted by molar-refractivity contribution is -0.449. The first-order chi connectivity index (χ1) is 8.29. The van der Waals surface area contributed by atoms with Crippen LogP contribution < -0.4 is 15.0 Å². The quantitative estimate of drug-likeness (QED) is 0.705. The molecule has 0 saturated carbocycles. The van der Waals surface area contributed by atoms with Crippen LogP contribution in [0, 0.1) is 0 Å². The molecule has 0 aromatic heterocycles. The van der Waals surface area contributed by atoms with Crippen molar-refractivity contribution in [3.05, 3.63) is 29.8 Å². The monoisotopic (exact) mass is 233 g/mol. The van der Waals surface area contributed by atoms with Crippen molar-refractivity contribution in [1.29, 1.82) is 0 Å². The number of hydrogen-bond donors (Lipinski definition) is 2. The molecule has 0 radical (unpaired) electrons. The molecule has 0 saturated heterocycles. The van der Waals surface area contributed by atoms with Gasteiger partial charge in [0, 0.05) is 5.56 Å². The minimum Gasteiger partial charge on any atom is -0.497 e. The van der Waals surface area contributed by atoms with Gasteiger partial charge in [0.05, 0.1) is 20.1 Å². The fraction of sp³-hybridized carbons (Fsp3) is 0.385. The number of ketones is 1. The van der Waals surface area contributed by atoms with E-state index in [0.717, 1.165) is 31.0 Å². The topological polar surface area (TPSA) is 52.3 Å². The maximum absolute atomic E-state index is 11.9. The summed E-state index contributed by atoms with van der Waals surface area (Å²) in [6.07, 6.45) is 2.15. The van der Waals surface area contributed by atoms with Crippen LogP contribution in [0.5, 0.6) is 5.75 Å². The number of carbonyl (C=O) groups is 1. The van der Waals surface area contributed by atoms with Crippen molar-refractivity contribution in [2.45, 2.75) is 12.8 Å². The Kier molecular flexibility index (Phi) is 3.75. The zero-order chi connectivity index (χ0) is 12.1. The number of methoxy groups -OCH3 is 1. The first-order valence-corrected chi connectivity index (χ1v) is 5.80. The number of nitrogens with one attached hydrogen (secondary N) is 2. The van der Waals surface area contributed by atoms with Crippen LogP contribution >= 0.6 is 0 Å². The van der Waals surface area contributed by atoms with Crippen molar-refractivity contribution in [1.82, 2.24) is 5.32 Å². The van der Waals surface area contributed by atoms with Gasteiger partial charge in [0.15, 0.2) is 0 Å². The molecule has 1 heterocycles. The maximum Gasteiger partial charge on any atom is 0.243 e. The Labute approximate surface area is 101 Å². The average Bonchev–Trinajstić information content (AvgIpc) is 2.89. The number of amidine groups is 1. The van der Waals surface area contributed by atoms with Gasteiger partial charge in [0.25, 0.3) is 0 Å². The number of hydrogen-bond acceptors (Lipinski definition) is 3. The van der Waals surface area contributed by atoms with E-state index < -0.39 is 0 Å². The minimum atomic E-state index is 0.0915. The molecule has 0 fully saturated rings. The summed E-state index contributed by atoms with van der Waals surface area (Å²) >= 11 is 0. The van der Waals surface area contributed by atoms with Crippen LogP contribution in [0.2, 0.25) is 0 Å². The SMILES string of the molecule is COc1ccc(C(=O)CNC2=[NH+]CCC2)cc1. The van der Waals surface area contributed by atoms with Crippen molar-refractivity contribution >= 4 is 11.6 Å². The van der Waals surface area contributed by atoms with Gasteiger partial charge in [-0.3, -0.25) is 15.1 Å². The number of ether oxygens (including phenoxy) is 1. The molecule has 0 spiro atoms. The van der Waals surface area contributed by atoms with E-state index in [9.17, 15) is 4.79 Å². The van der Waals surface area contributed by atoms with Gasteiger partial charge in [-0.2, -0.15) is 0 Å². The van der Waals surface area contributed by atoms with Gasteiger partial charge in [-0.05, 0) is 30.7 Å². The standard InChI is InChI=1S/C13H16N2O2/c1-17-11-6-4-10(5-7-11)12(16)9-15-13-3-2-8-14-13/h4-7H,2-3,8-9H2,1H3,(H,14,15)/p+1. The zero-order valence-electron chi connectivity index (χ0n) is 9.95. The molecule has 2 N–H and O–H groups in total. The Morgan fingerprint density at radius 1 is 1.41 bits per heavy atom. The summed E-state index contributed by atoms with van der Waals surface area (Å²) < 4.78 is 5.05. The molecule has 0 aliphatic carbocycles. The smallest absolute Gasteiger partial charge is 0.243 e. The molecule has 17 heavy (non-hydrogen) atoms. The van der Waals surface area contributed by atoms with E-state index in [2.05, 4.69) is 10.3 Å². The number of benzene rings is 1. The molecule has 0 amide bonds. The number of carbonyl (C=O) groups excluding carboxylic acids is 1. The second-order valence-electron chi connectivity index (χ2n) is 4.01. The van der Waals surface area contributed by atoms with Gasteiger partial charge >= 0.3 is 0 Å². The fourth-order valence-corrected chi connectivity index (χ4v) is 1.81. The Hall–Kier alpha value is -1.84. The summed E-state index contributed by atoms with van der Waals surface area (Å²) in [6, 6.07) is 7.17. The Morgan fingerprint density at radius 3 is 2.76 bits per heavy atom. The van der Waals surface area contributed by atoms with Gasteiger partial charge in [0.2, 0.25) is 11.6 Å². The summed E-state index contributed by atoms with van der Waals surface area (Å²) in [6.45, 7) is 1.34. The predicted molar refractivity (Wildman–Crippen MR) is 65.4 cm³/mol. The predicted octanol–water partition coefficient (Wildman–Crippen LogP) is -0.260. The molecule has 4 heteroatoms. The average molecular weight is 233 g/mol. The third-order valence-corrected chi connectivity index (χ3v) is 2.82. The highest BCUT2D eigenvalue weighted by Gasteiger charge is 2.14. The fourth-order valence-electron chi connectivity index (χ4n) is 1.81. The van der Waals surface area contributed by atoms with E-state index in [1.54, 1.807) is 31.4 Å². The second-order valence-corrected chi connectivity index (χ2v) is 4.01. The molecule has 90 valence electrons. The zero-order valence-corrected chi connectivity index (χ0v) is 9.95. The molecule has 1 aromatic rings. The summed E-state index contributed by atoms with van der Waals surface area (Å²) in [5.41, 5.74) is 0.705. The second kappa shape index (κ2) is 5.48. The highest BCUT2D eigenvalue weighted by molar-refractivity contribution is 5.99. The Balaban J connectivity index is 1.90. The van der Waals surface area contributed by atoms with Gasteiger partial charge < -0.3 is 4.74 Å². The molecule has 1 aliphatic rings. The third kappa shape index (κ3) is 3.06. The van der Waals surface area contributed by atoms with E-state index >= 15 is 0 Å². The van der Waals surface area contributed by atoms with Gasteiger partial charge in [0.1, 0.15) is 12.3 Å². The Morgan fingerprint density at radius 2 is 2.18 bits per heavy atom. The van der Waals surface area contributed by atoms with Crippen LogP contribution in [-0.2, 0) is 0 Å². The minimum absolute atomic E-state index is 0.0915. The van der Waals surface area contributed by atoms with Crippen LogP contribution in [0.1, 0.15) is 23.2 Å². The van der Waals surface area contributed by atoms with Gasteiger partial charge in [-0.15, -0.1) is 0 Å². The highest BCUT2D eigenvalue weighted by Crippen LogP contribution is 2.11. The van der Waals surface area contributed by atoms with Crippen molar-refractivity contribution < 1.29 is 14.5 Å². The molecule has 0 unspecified atom stereocenters. The van der Waals surface area contributed by atoms with E-state index in [4.69, 9.17) is 4.74 Å². The number of Topliss-reactive ketones (excluding diaryl/α,β-unsaturated/α-hetero) is 1. The van der Waals surface area contributed by atoms with E-state index in [1.165, 1.54) is 0 Å². The maximum atomic E-state index is 11.9. The Bertz CT molecular complexity index is 424. The van der Waals surface area contributed by atoms with E-state index in [1.807, 2.05) is 0 Å². The van der Waals surface area contributed by atoms with Crippen molar-refractivity contribution in [2.75, 3.05) is 20.2 Å². The molecule has 0 atom stereocenters. The highest BCUT2D eigenvalue weighted by atomic mass is 16.5. The molecule has 1 aromatic carbocycles. The molecular formula is C13H17N2O2+. The largest absolute Gasteiger partial charge is 0.497 e.